The van der Waals surface area contributed by atoms with E-state index in [1.807, 2.05) is 17.5 Å². The highest BCUT2D eigenvalue weighted by Crippen LogP contribution is 2.26. The van der Waals surface area contributed by atoms with E-state index in [1.165, 1.54) is 23.0 Å². The number of nitrogens with zero attached hydrogens (tertiary/aromatic N) is 3. The molecule has 0 radical (unpaired) electrons. The molecule has 1 aromatic heterocycles. The van der Waals surface area contributed by atoms with Gasteiger partial charge in [0.2, 0.25) is 0 Å². The van der Waals surface area contributed by atoms with Crippen LogP contribution < -0.4 is 10.2 Å². The zero-order valence-electron chi connectivity index (χ0n) is 13.4. The van der Waals surface area contributed by atoms with Gasteiger partial charge in [-0.1, -0.05) is 0 Å². The van der Waals surface area contributed by atoms with E-state index < -0.39 is 0 Å². The highest BCUT2D eigenvalue weighted by Gasteiger charge is 2.22. The van der Waals surface area contributed by atoms with Gasteiger partial charge in [0.15, 0.2) is 5.13 Å². The van der Waals surface area contributed by atoms with Gasteiger partial charge in [0, 0.05) is 42.3 Å². The molecule has 0 amide bonds. The summed E-state index contributed by atoms with van der Waals surface area (Å²) in [6, 6.07) is 0.539. The van der Waals surface area contributed by atoms with Crippen molar-refractivity contribution in [3.63, 3.8) is 0 Å². The minimum absolute atomic E-state index is 0.156. The fourth-order valence-electron chi connectivity index (χ4n) is 2.52. The van der Waals surface area contributed by atoms with Crippen LogP contribution in [0.25, 0.3) is 0 Å². The second kappa shape index (κ2) is 6.41. The lowest BCUT2D eigenvalue weighted by atomic mass is 10.1. The highest BCUT2D eigenvalue weighted by atomic mass is 32.1. The number of thiazole rings is 1. The van der Waals surface area contributed by atoms with Crippen molar-refractivity contribution in [3.05, 3.63) is 11.1 Å². The minimum atomic E-state index is 0.156. The molecule has 4 nitrogen and oxygen atoms in total. The Morgan fingerprint density at radius 3 is 2.85 bits per heavy atom. The molecule has 1 aromatic rings. The number of likely N-dealkylation sites (N-methyl/N-ethyl adjacent to an activating group) is 1. The maximum Gasteiger partial charge on any atom is 0.185 e. The lowest BCUT2D eigenvalue weighted by Crippen LogP contribution is -2.37. The van der Waals surface area contributed by atoms with Gasteiger partial charge in [0.05, 0.1) is 0 Å². The lowest BCUT2D eigenvalue weighted by Gasteiger charge is -2.27. The molecule has 114 valence electrons. The molecule has 0 aliphatic carbocycles. The summed E-state index contributed by atoms with van der Waals surface area (Å²) in [4.78, 5) is 10.8. The van der Waals surface area contributed by atoms with Crippen LogP contribution in [-0.2, 0) is 6.54 Å². The molecule has 20 heavy (non-hydrogen) atoms. The summed E-state index contributed by atoms with van der Waals surface area (Å²) in [6.45, 7) is 13.2. The minimum Gasteiger partial charge on any atom is -0.344 e. The predicted molar refractivity (Wildman–Crippen MR) is 87.6 cm³/mol. The van der Waals surface area contributed by atoms with E-state index >= 15 is 0 Å². The first-order valence-corrected chi connectivity index (χ1v) is 8.32. The number of aromatic nitrogens is 1. The van der Waals surface area contributed by atoms with Crippen LogP contribution in [0.2, 0.25) is 0 Å². The van der Waals surface area contributed by atoms with Crippen molar-refractivity contribution in [3.8, 4) is 0 Å². The molecule has 1 atom stereocenters. The summed E-state index contributed by atoms with van der Waals surface area (Å²) in [5.74, 6) is 0. The van der Waals surface area contributed by atoms with E-state index in [9.17, 15) is 0 Å². The number of anilines is 1. The van der Waals surface area contributed by atoms with Crippen LogP contribution in [0, 0.1) is 0 Å². The Hall–Kier alpha value is -0.650. The summed E-state index contributed by atoms with van der Waals surface area (Å²) >= 11 is 1.83. The van der Waals surface area contributed by atoms with Gasteiger partial charge in [-0.2, -0.15) is 0 Å². The van der Waals surface area contributed by atoms with Gasteiger partial charge < -0.3 is 15.1 Å². The van der Waals surface area contributed by atoms with Crippen LogP contribution in [0.4, 0.5) is 5.13 Å². The summed E-state index contributed by atoms with van der Waals surface area (Å²) in [5.41, 5.74) is 0.156. The molecule has 1 saturated heterocycles. The third-order valence-electron chi connectivity index (χ3n) is 3.63. The summed E-state index contributed by atoms with van der Waals surface area (Å²) < 4.78 is 0. The first kappa shape index (κ1) is 15.7. The van der Waals surface area contributed by atoms with Gasteiger partial charge in [-0.05, 0) is 47.7 Å². The van der Waals surface area contributed by atoms with E-state index in [1.54, 1.807) is 0 Å². The molecular formula is C15H28N4S. The second-order valence-electron chi connectivity index (χ2n) is 6.87. The molecule has 1 unspecified atom stereocenters. The van der Waals surface area contributed by atoms with E-state index in [4.69, 9.17) is 0 Å². The molecule has 1 aliphatic rings. The zero-order chi connectivity index (χ0) is 14.8. The molecule has 1 N–H and O–H groups in total. The summed E-state index contributed by atoms with van der Waals surface area (Å²) in [7, 11) is 2.21. The van der Waals surface area contributed by atoms with Crippen LogP contribution in [0.3, 0.4) is 0 Å². The van der Waals surface area contributed by atoms with Crippen molar-refractivity contribution in [2.45, 2.75) is 52.2 Å². The molecule has 2 rings (SSSR count). The third kappa shape index (κ3) is 4.43. The Morgan fingerprint density at radius 1 is 1.40 bits per heavy atom. The van der Waals surface area contributed by atoms with Gasteiger partial charge in [0.1, 0.15) is 0 Å². The Bertz CT molecular complexity index is 424. The lowest BCUT2D eigenvalue weighted by molar-refractivity contribution is 0.337. The first-order chi connectivity index (χ1) is 9.35. The van der Waals surface area contributed by atoms with Crippen LogP contribution in [0.5, 0.6) is 0 Å². The van der Waals surface area contributed by atoms with Crippen molar-refractivity contribution in [1.82, 2.24) is 15.2 Å². The van der Waals surface area contributed by atoms with Crippen molar-refractivity contribution >= 4 is 16.5 Å². The van der Waals surface area contributed by atoms with Crippen LogP contribution >= 0.6 is 11.3 Å². The first-order valence-electron chi connectivity index (χ1n) is 7.50. The normalized spacial score (nSPS) is 22.1. The van der Waals surface area contributed by atoms with E-state index in [0.717, 1.165) is 19.6 Å². The van der Waals surface area contributed by atoms with Crippen LogP contribution in [0.15, 0.2) is 6.20 Å². The Morgan fingerprint density at radius 2 is 2.15 bits per heavy atom. The molecule has 2 heterocycles. The van der Waals surface area contributed by atoms with Crippen LogP contribution in [-0.4, -0.2) is 48.1 Å². The van der Waals surface area contributed by atoms with Gasteiger partial charge in [-0.15, -0.1) is 11.3 Å². The third-order valence-corrected chi connectivity index (χ3v) is 4.66. The SMILES string of the molecule is CC1CN(C)CCCN1c1ncc(CNC(C)(C)C)s1. The standard InChI is InChI=1S/C15H28N4S/c1-12-11-18(5)7-6-8-19(12)14-16-9-13(20-14)10-17-15(2,3)4/h9,12,17H,6-8,10-11H2,1-5H3. The zero-order valence-corrected chi connectivity index (χ0v) is 14.3. The van der Waals surface area contributed by atoms with Gasteiger partial charge >= 0.3 is 0 Å². The Kier molecular flexibility index (Phi) is 5.04. The Balaban J connectivity index is 2.00. The van der Waals surface area contributed by atoms with Gasteiger partial charge in [0.25, 0.3) is 0 Å². The fraction of sp³-hybridized carbons (Fsp3) is 0.800. The van der Waals surface area contributed by atoms with E-state index in [0.29, 0.717) is 6.04 Å². The smallest absolute Gasteiger partial charge is 0.185 e. The topological polar surface area (TPSA) is 31.4 Å². The number of hydrogen-bond donors (Lipinski definition) is 1. The van der Waals surface area contributed by atoms with Gasteiger partial charge in [-0.3, -0.25) is 0 Å². The molecular weight excluding hydrogens is 268 g/mol. The van der Waals surface area contributed by atoms with E-state index in [-0.39, 0.29) is 5.54 Å². The number of hydrogen-bond acceptors (Lipinski definition) is 5. The number of rotatable bonds is 3. The summed E-state index contributed by atoms with van der Waals surface area (Å²) in [5, 5.41) is 4.71. The Labute approximate surface area is 127 Å². The molecule has 0 bridgehead atoms. The van der Waals surface area contributed by atoms with Crippen molar-refractivity contribution in [1.29, 1.82) is 0 Å². The highest BCUT2D eigenvalue weighted by molar-refractivity contribution is 7.15. The van der Waals surface area contributed by atoms with E-state index in [2.05, 4.69) is 54.8 Å². The average Bonchev–Trinajstić information content (AvgIpc) is 2.72. The quantitative estimate of drug-likeness (QED) is 0.929. The fourth-order valence-corrected chi connectivity index (χ4v) is 3.50. The second-order valence-corrected chi connectivity index (χ2v) is 7.96. The van der Waals surface area contributed by atoms with Crippen molar-refractivity contribution in [2.24, 2.45) is 0 Å². The predicted octanol–water partition coefficient (Wildman–Crippen LogP) is 2.56. The number of nitrogens with one attached hydrogen (secondary N) is 1. The largest absolute Gasteiger partial charge is 0.344 e. The average molecular weight is 296 g/mol. The maximum absolute atomic E-state index is 4.64. The molecule has 0 aromatic carbocycles. The van der Waals surface area contributed by atoms with Crippen molar-refractivity contribution in [2.75, 3.05) is 31.6 Å². The molecule has 0 saturated carbocycles. The molecule has 5 heteroatoms. The monoisotopic (exact) mass is 296 g/mol. The molecule has 1 aliphatic heterocycles. The maximum atomic E-state index is 4.64. The molecule has 1 fully saturated rings. The summed E-state index contributed by atoms with van der Waals surface area (Å²) in [6.07, 6.45) is 3.25. The molecule has 0 spiro atoms. The van der Waals surface area contributed by atoms with Crippen LogP contribution in [0.1, 0.15) is 39.0 Å². The van der Waals surface area contributed by atoms with Crippen molar-refractivity contribution < 1.29 is 0 Å². The van der Waals surface area contributed by atoms with Gasteiger partial charge in [-0.25, -0.2) is 4.98 Å².